The molecule has 11 nitrogen and oxygen atoms in total. The number of methoxy groups -OCH3 is 1. The highest BCUT2D eigenvalue weighted by Gasteiger charge is 2.19. The average Bonchev–Trinajstić information content (AvgIpc) is 3.34. The molecule has 0 aliphatic carbocycles. The number of aromatic hydroxyl groups is 1. The number of carbonyl (C=O) groups excluding carboxylic acids is 2. The van der Waals surface area contributed by atoms with E-state index >= 15 is 0 Å². The highest BCUT2D eigenvalue weighted by molar-refractivity contribution is 7.18. The Kier molecular flexibility index (Phi) is 6.26. The molecule has 0 fully saturated rings. The third-order valence-corrected chi connectivity index (χ3v) is 5.25. The molecule has 4 rings (SSSR count). The summed E-state index contributed by atoms with van der Waals surface area (Å²) in [5.41, 5.74) is 1.41. The summed E-state index contributed by atoms with van der Waals surface area (Å²) in [7, 11) is 1.56. The van der Waals surface area contributed by atoms with Crippen LogP contribution in [0.4, 0.5) is 21.6 Å². The number of para-hydroxylation sites is 1. The zero-order valence-corrected chi connectivity index (χ0v) is 18.5. The predicted molar refractivity (Wildman–Crippen MR) is 124 cm³/mol. The van der Waals surface area contributed by atoms with Gasteiger partial charge in [0, 0.05) is 18.0 Å². The summed E-state index contributed by atoms with van der Waals surface area (Å²) < 4.78 is 6.56. The summed E-state index contributed by atoms with van der Waals surface area (Å²) in [5.74, 6) is -0.139. The molecule has 3 N–H and O–H groups in total. The van der Waals surface area contributed by atoms with Crippen molar-refractivity contribution in [3.05, 3.63) is 48.5 Å². The number of benzene rings is 2. The number of hydrogen-bond donors (Lipinski definition) is 3. The van der Waals surface area contributed by atoms with E-state index in [9.17, 15) is 14.7 Å². The molecule has 0 saturated heterocycles. The van der Waals surface area contributed by atoms with Crippen LogP contribution in [0.25, 0.3) is 10.9 Å². The molecule has 0 radical (unpaired) electrons. The van der Waals surface area contributed by atoms with Crippen molar-refractivity contribution in [2.45, 2.75) is 13.5 Å². The Morgan fingerprint density at radius 3 is 2.58 bits per heavy atom. The molecule has 2 aromatic carbocycles. The molecule has 12 heteroatoms. The first-order valence-corrected chi connectivity index (χ1v) is 10.5. The Hall–Kier alpha value is -4.32. The lowest BCUT2D eigenvalue weighted by Crippen LogP contribution is -2.18. The number of carbonyl (C=O) groups is 2. The minimum Gasteiger partial charge on any atom is -0.497 e. The normalized spacial score (nSPS) is 11.1. The maximum Gasteiger partial charge on any atom is 0.253 e. The van der Waals surface area contributed by atoms with Crippen molar-refractivity contribution in [2.24, 2.45) is 10.2 Å². The van der Waals surface area contributed by atoms with Crippen LogP contribution in [0, 0.1) is 0 Å². The van der Waals surface area contributed by atoms with Gasteiger partial charge < -0.3 is 25.0 Å². The van der Waals surface area contributed by atoms with E-state index < -0.39 is 0 Å². The van der Waals surface area contributed by atoms with Gasteiger partial charge >= 0.3 is 0 Å². The molecule has 2 aromatic heterocycles. The topological polar surface area (TPSA) is 143 Å². The number of anilines is 2. The molecule has 0 unspecified atom stereocenters. The monoisotopic (exact) mass is 465 g/mol. The largest absolute Gasteiger partial charge is 0.497 e. The van der Waals surface area contributed by atoms with Crippen molar-refractivity contribution in [1.29, 1.82) is 0 Å². The highest BCUT2D eigenvalue weighted by atomic mass is 32.1. The van der Waals surface area contributed by atoms with Crippen molar-refractivity contribution in [3.8, 4) is 11.6 Å². The molecular formula is C21H19N7O4S. The number of fused-ring (bicyclic) bond motifs is 1. The van der Waals surface area contributed by atoms with Crippen molar-refractivity contribution in [2.75, 3.05) is 17.7 Å². The molecule has 168 valence electrons. The summed E-state index contributed by atoms with van der Waals surface area (Å²) in [5, 5.41) is 33.0. The molecule has 4 aromatic rings. The Balaban J connectivity index is 1.58. The van der Waals surface area contributed by atoms with Crippen LogP contribution in [0.3, 0.4) is 0 Å². The predicted octanol–water partition coefficient (Wildman–Crippen LogP) is 4.22. The van der Waals surface area contributed by atoms with E-state index in [-0.39, 0.29) is 35.1 Å². The number of nitrogens with one attached hydrogen (secondary N) is 2. The Bertz CT molecular complexity index is 1340. The second kappa shape index (κ2) is 9.44. The quantitative estimate of drug-likeness (QED) is 0.349. The second-order valence-corrected chi connectivity index (χ2v) is 7.78. The van der Waals surface area contributed by atoms with Gasteiger partial charge in [0.05, 0.1) is 12.6 Å². The van der Waals surface area contributed by atoms with Gasteiger partial charge in [-0.2, -0.15) is 0 Å². The van der Waals surface area contributed by atoms with Crippen molar-refractivity contribution in [1.82, 2.24) is 14.8 Å². The van der Waals surface area contributed by atoms with E-state index in [1.54, 1.807) is 55.6 Å². The zero-order valence-electron chi connectivity index (χ0n) is 17.6. The van der Waals surface area contributed by atoms with Gasteiger partial charge in [-0.05, 0) is 30.3 Å². The van der Waals surface area contributed by atoms with Crippen molar-refractivity contribution >= 4 is 55.7 Å². The number of azo groups is 1. The van der Waals surface area contributed by atoms with Crippen LogP contribution in [0.15, 0.2) is 58.8 Å². The lowest BCUT2D eigenvalue weighted by Gasteiger charge is -2.09. The average molecular weight is 465 g/mol. The van der Waals surface area contributed by atoms with Gasteiger partial charge in [-0.3, -0.25) is 9.59 Å². The number of amides is 2. The highest BCUT2D eigenvalue weighted by Crippen LogP contribution is 2.39. The molecule has 2 heterocycles. The number of hydrogen-bond acceptors (Lipinski definition) is 9. The summed E-state index contributed by atoms with van der Waals surface area (Å²) in [6.45, 7) is 1.22. The van der Waals surface area contributed by atoms with Gasteiger partial charge in [0.1, 0.15) is 12.3 Å². The second-order valence-electron chi connectivity index (χ2n) is 6.82. The van der Waals surface area contributed by atoms with Crippen LogP contribution < -0.4 is 15.4 Å². The van der Waals surface area contributed by atoms with Crippen molar-refractivity contribution in [3.63, 3.8) is 0 Å². The Morgan fingerprint density at radius 1 is 1.09 bits per heavy atom. The lowest BCUT2D eigenvalue weighted by molar-refractivity contribution is -0.117. The summed E-state index contributed by atoms with van der Waals surface area (Å²) in [4.78, 5) is 23.8. The molecule has 0 spiro atoms. The van der Waals surface area contributed by atoms with Crippen LogP contribution >= 0.6 is 11.3 Å². The van der Waals surface area contributed by atoms with Gasteiger partial charge in [-0.15, -0.1) is 20.4 Å². The third-order valence-electron chi connectivity index (χ3n) is 4.53. The van der Waals surface area contributed by atoms with Gasteiger partial charge in [0.15, 0.2) is 5.69 Å². The molecule has 0 aliphatic heterocycles. The number of aromatic nitrogens is 3. The van der Waals surface area contributed by atoms with E-state index in [1.165, 1.54) is 11.5 Å². The summed E-state index contributed by atoms with van der Waals surface area (Å²) >= 11 is 1.04. The number of nitrogens with zero attached hydrogens (tertiary/aromatic N) is 5. The third kappa shape index (κ3) is 4.96. The Labute approximate surface area is 191 Å². The van der Waals surface area contributed by atoms with Crippen LogP contribution in [-0.2, 0) is 16.1 Å². The van der Waals surface area contributed by atoms with Gasteiger partial charge in [-0.1, -0.05) is 29.5 Å². The fourth-order valence-corrected chi connectivity index (χ4v) is 3.71. The smallest absolute Gasteiger partial charge is 0.253 e. The van der Waals surface area contributed by atoms with Gasteiger partial charge in [0.25, 0.3) is 5.13 Å². The van der Waals surface area contributed by atoms with E-state index in [2.05, 4.69) is 31.1 Å². The van der Waals surface area contributed by atoms with E-state index in [1.807, 2.05) is 0 Å². The van der Waals surface area contributed by atoms with E-state index in [0.717, 1.165) is 11.3 Å². The minimum absolute atomic E-state index is 0.140. The van der Waals surface area contributed by atoms with Crippen molar-refractivity contribution < 1.29 is 19.4 Å². The minimum atomic E-state index is -0.330. The number of ether oxygens (including phenoxy) is 1. The first-order valence-electron chi connectivity index (χ1n) is 9.71. The fraction of sp³-hybridized carbons (Fsp3) is 0.143. The van der Waals surface area contributed by atoms with Crippen LogP contribution in [0.2, 0.25) is 0 Å². The zero-order chi connectivity index (χ0) is 23.4. The molecule has 33 heavy (non-hydrogen) atoms. The molecule has 0 saturated carbocycles. The maximum absolute atomic E-state index is 12.6. The summed E-state index contributed by atoms with van der Waals surface area (Å²) in [6, 6.07) is 14.1. The van der Waals surface area contributed by atoms with Gasteiger partial charge in [0.2, 0.25) is 22.8 Å². The molecule has 0 aliphatic rings. The fourth-order valence-electron chi connectivity index (χ4n) is 3.10. The van der Waals surface area contributed by atoms with Crippen LogP contribution in [-0.4, -0.2) is 38.8 Å². The first kappa shape index (κ1) is 21.9. The van der Waals surface area contributed by atoms with Gasteiger partial charge in [-0.25, -0.2) is 0 Å². The standard InChI is InChI=1S/C21H19N7O4S/c1-12(29)22-20-25-27-21(33-20)26-24-18-15-5-3-4-6-16(15)28(19(18)31)11-17(30)23-13-7-9-14(32-2)10-8-13/h3-10,31H,11H2,1-2H3,(H,23,30)(H,22,25,29). The van der Waals surface area contributed by atoms with E-state index in [4.69, 9.17) is 4.74 Å². The SMILES string of the molecule is COc1ccc(NC(=O)Cn2c(O)c(N=Nc3nnc(NC(C)=O)s3)c3ccccc32)cc1. The first-order chi connectivity index (χ1) is 15.9. The molecular weight excluding hydrogens is 446 g/mol. The summed E-state index contributed by atoms with van der Waals surface area (Å²) in [6.07, 6.45) is 0. The van der Waals surface area contributed by atoms with Crippen LogP contribution in [0.5, 0.6) is 11.6 Å². The maximum atomic E-state index is 12.6. The Morgan fingerprint density at radius 2 is 1.85 bits per heavy atom. The number of rotatable bonds is 7. The molecule has 0 atom stereocenters. The molecule has 0 bridgehead atoms. The molecule has 2 amide bonds. The lowest BCUT2D eigenvalue weighted by atomic mass is 10.2. The van der Waals surface area contributed by atoms with E-state index in [0.29, 0.717) is 27.5 Å². The van der Waals surface area contributed by atoms with Crippen LogP contribution in [0.1, 0.15) is 6.92 Å².